The Morgan fingerprint density at radius 3 is 2.70 bits per heavy atom. The lowest BCUT2D eigenvalue weighted by Gasteiger charge is -2.11. The highest BCUT2D eigenvalue weighted by molar-refractivity contribution is 8.18. The molecule has 0 atom stereocenters. The van der Waals surface area contributed by atoms with Crippen LogP contribution in [-0.4, -0.2) is 24.3 Å². The molecule has 5 nitrogen and oxygen atoms in total. The first-order chi connectivity index (χ1) is 13.2. The van der Waals surface area contributed by atoms with Crippen molar-refractivity contribution in [2.45, 2.75) is 6.42 Å². The SMILES string of the molecule is C=CCc1ccccc1OCCOc1cccc(/C=C2\SC(N)=NC2=O)c1. The lowest BCUT2D eigenvalue weighted by Crippen LogP contribution is -2.10. The number of hydrogen-bond donors (Lipinski definition) is 1. The zero-order chi connectivity index (χ0) is 19.1. The van der Waals surface area contributed by atoms with Crippen molar-refractivity contribution in [3.8, 4) is 11.5 Å². The molecular weight excluding hydrogens is 360 g/mol. The van der Waals surface area contributed by atoms with E-state index < -0.39 is 0 Å². The summed E-state index contributed by atoms with van der Waals surface area (Å²) in [5, 5.41) is 0.271. The maximum absolute atomic E-state index is 11.7. The van der Waals surface area contributed by atoms with E-state index in [1.54, 1.807) is 6.08 Å². The maximum Gasteiger partial charge on any atom is 0.286 e. The number of nitrogens with zero attached hydrogens (tertiary/aromatic N) is 1. The fraction of sp³-hybridized carbons (Fsp3) is 0.143. The van der Waals surface area contributed by atoms with E-state index in [9.17, 15) is 4.79 Å². The molecule has 0 saturated heterocycles. The molecule has 2 aromatic carbocycles. The summed E-state index contributed by atoms with van der Waals surface area (Å²) in [4.78, 5) is 15.9. The predicted octanol–water partition coefficient (Wildman–Crippen LogP) is 3.80. The van der Waals surface area contributed by atoms with Crippen molar-refractivity contribution in [1.82, 2.24) is 0 Å². The van der Waals surface area contributed by atoms with E-state index in [2.05, 4.69) is 11.6 Å². The standard InChI is InChI=1S/C21H20N2O3S/c1-2-6-16-8-3-4-10-18(16)26-12-11-25-17-9-5-7-15(13-17)14-19-20(24)23-21(22)27-19/h2-5,7-10,13-14H,1,6,11-12H2,(H2,22,23,24)/b19-14-. The number of rotatable bonds is 8. The van der Waals surface area contributed by atoms with Gasteiger partial charge in [-0.25, -0.2) is 0 Å². The summed E-state index contributed by atoms with van der Waals surface area (Å²) in [7, 11) is 0. The normalized spacial score (nSPS) is 14.9. The first kappa shape index (κ1) is 18.8. The van der Waals surface area contributed by atoms with Gasteiger partial charge in [0.15, 0.2) is 5.17 Å². The number of thioether (sulfide) groups is 1. The second-order valence-corrected chi connectivity index (χ2v) is 6.80. The summed E-state index contributed by atoms with van der Waals surface area (Å²) in [5.74, 6) is 1.24. The molecule has 0 unspecified atom stereocenters. The fourth-order valence-corrected chi connectivity index (χ4v) is 3.23. The van der Waals surface area contributed by atoms with Crippen molar-refractivity contribution in [1.29, 1.82) is 0 Å². The molecule has 2 aromatic rings. The van der Waals surface area contributed by atoms with Gasteiger partial charge in [-0.1, -0.05) is 36.4 Å². The van der Waals surface area contributed by atoms with Crippen LogP contribution in [0.3, 0.4) is 0 Å². The van der Waals surface area contributed by atoms with Crippen molar-refractivity contribution in [2.24, 2.45) is 10.7 Å². The molecule has 2 N–H and O–H groups in total. The van der Waals surface area contributed by atoms with Crippen LogP contribution in [0.25, 0.3) is 6.08 Å². The number of nitrogens with two attached hydrogens (primary N) is 1. The van der Waals surface area contributed by atoms with Gasteiger partial charge in [0.1, 0.15) is 24.7 Å². The van der Waals surface area contributed by atoms with Crippen LogP contribution in [0.4, 0.5) is 0 Å². The molecule has 1 aliphatic heterocycles. The van der Waals surface area contributed by atoms with Gasteiger partial charge in [-0.15, -0.1) is 6.58 Å². The highest BCUT2D eigenvalue weighted by Gasteiger charge is 2.19. The molecule has 0 bridgehead atoms. The van der Waals surface area contributed by atoms with Crippen LogP contribution < -0.4 is 15.2 Å². The molecule has 0 spiro atoms. The summed E-state index contributed by atoms with van der Waals surface area (Å²) in [6, 6.07) is 15.4. The molecular formula is C21H20N2O3S. The van der Waals surface area contributed by atoms with Crippen LogP contribution >= 0.6 is 11.8 Å². The number of carbonyl (C=O) groups excluding carboxylic acids is 1. The van der Waals surface area contributed by atoms with Crippen LogP contribution in [0, 0.1) is 0 Å². The van der Waals surface area contributed by atoms with Gasteiger partial charge in [-0.3, -0.25) is 4.79 Å². The van der Waals surface area contributed by atoms with E-state index in [0.717, 1.165) is 23.3 Å². The van der Waals surface area contributed by atoms with Gasteiger partial charge in [0, 0.05) is 0 Å². The Balaban J connectivity index is 1.54. The molecule has 0 radical (unpaired) electrons. The average molecular weight is 380 g/mol. The Hall–Kier alpha value is -2.99. The molecule has 6 heteroatoms. The van der Waals surface area contributed by atoms with Crippen molar-refractivity contribution in [2.75, 3.05) is 13.2 Å². The minimum absolute atomic E-state index is 0.271. The van der Waals surface area contributed by atoms with E-state index in [1.165, 1.54) is 11.8 Å². The third kappa shape index (κ3) is 5.24. The number of carbonyl (C=O) groups is 1. The van der Waals surface area contributed by atoms with Gasteiger partial charge in [0.05, 0.1) is 4.91 Å². The van der Waals surface area contributed by atoms with Crippen molar-refractivity contribution >= 4 is 28.9 Å². The summed E-state index contributed by atoms with van der Waals surface area (Å²) >= 11 is 1.17. The van der Waals surface area contributed by atoms with Crippen LogP contribution in [0.2, 0.25) is 0 Å². The van der Waals surface area contributed by atoms with E-state index in [4.69, 9.17) is 15.2 Å². The zero-order valence-corrected chi connectivity index (χ0v) is 15.6. The number of allylic oxidation sites excluding steroid dienone is 1. The van der Waals surface area contributed by atoms with Crippen LogP contribution in [0.5, 0.6) is 11.5 Å². The Morgan fingerprint density at radius 2 is 1.93 bits per heavy atom. The summed E-state index contributed by atoms with van der Waals surface area (Å²) < 4.78 is 11.6. The van der Waals surface area contributed by atoms with Crippen molar-refractivity contribution in [3.05, 3.63) is 77.2 Å². The van der Waals surface area contributed by atoms with E-state index in [1.807, 2.05) is 54.6 Å². The van der Waals surface area contributed by atoms with Gasteiger partial charge in [-0.05, 0) is 53.6 Å². The summed E-state index contributed by atoms with van der Waals surface area (Å²) in [6.07, 6.45) is 4.37. The molecule has 1 aliphatic rings. The van der Waals surface area contributed by atoms with Crippen LogP contribution in [0.15, 0.2) is 71.1 Å². The molecule has 0 aromatic heterocycles. The van der Waals surface area contributed by atoms with Crippen LogP contribution in [0.1, 0.15) is 11.1 Å². The fourth-order valence-electron chi connectivity index (χ4n) is 2.55. The number of hydrogen-bond acceptors (Lipinski definition) is 5. The van der Waals surface area contributed by atoms with Gasteiger partial charge < -0.3 is 15.2 Å². The quantitative estimate of drug-likeness (QED) is 0.428. The highest BCUT2D eigenvalue weighted by Crippen LogP contribution is 2.27. The lowest BCUT2D eigenvalue weighted by atomic mass is 10.1. The third-order valence-electron chi connectivity index (χ3n) is 3.74. The molecule has 0 aliphatic carbocycles. The van der Waals surface area contributed by atoms with E-state index in [-0.39, 0.29) is 11.1 Å². The number of amidine groups is 1. The first-order valence-corrected chi connectivity index (χ1v) is 9.30. The number of benzene rings is 2. The van der Waals surface area contributed by atoms with E-state index in [0.29, 0.717) is 23.9 Å². The Bertz CT molecular complexity index is 906. The van der Waals surface area contributed by atoms with Gasteiger partial charge in [0.25, 0.3) is 5.91 Å². The summed E-state index contributed by atoms with van der Waals surface area (Å²) in [5.41, 5.74) is 7.52. The predicted molar refractivity (Wildman–Crippen MR) is 110 cm³/mol. The maximum atomic E-state index is 11.7. The molecule has 0 saturated carbocycles. The second kappa shape index (κ2) is 9.09. The molecule has 1 heterocycles. The van der Waals surface area contributed by atoms with Crippen molar-refractivity contribution < 1.29 is 14.3 Å². The minimum atomic E-state index is -0.310. The largest absolute Gasteiger partial charge is 0.490 e. The Morgan fingerprint density at radius 1 is 1.11 bits per heavy atom. The molecule has 1 amide bonds. The van der Waals surface area contributed by atoms with Gasteiger partial charge >= 0.3 is 0 Å². The second-order valence-electron chi connectivity index (χ2n) is 5.74. The average Bonchev–Trinajstić information content (AvgIpc) is 2.97. The third-order valence-corrected chi connectivity index (χ3v) is 4.55. The number of ether oxygens (including phenoxy) is 2. The minimum Gasteiger partial charge on any atom is -0.490 e. The van der Waals surface area contributed by atoms with Crippen LogP contribution in [-0.2, 0) is 11.2 Å². The number of para-hydroxylation sites is 1. The smallest absolute Gasteiger partial charge is 0.286 e. The zero-order valence-electron chi connectivity index (χ0n) is 14.8. The highest BCUT2D eigenvalue weighted by atomic mass is 32.2. The molecule has 0 fully saturated rings. The summed E-state index contributed by atoms with van der Waals surface area (Å²) in [6.45, 7) is 4.60. The first-order valence-electron chi connectivity index (χ1n) is 8.48. The monoisotopic (exact) mass is 380 g/mol. The molecule has 27 heavy (non-hydrogen) atoms. The van der Waals surface area contributed by atoms with E-state index >= 15 is 0 Å². The Kier molecular flexibility index (Phi) is 6.33. The topological polar surface area (TPSA) is 73.9 Å². The Labute approximate surface area is 162 Å². The number of amides is 1. The molecule has 138 valence electrons. The number of aliphatic imine (C=N–C) groups is 1. The lowest BCUT2D eigenvalue weighted by molar-refractivity contribution is -0.113. The van der Waals surface area contributed by atoms with Gasteiger partial charge in [0.2, 0.25) is 0 Å². The van der Waals surface area contributed by atoms with Crippen molar-refractivity contribution in [3.63, 3.8) is 0 Å². The van der Waals surface area contributed by atoms with Gasteiger partial charge in [-0.2, -0.15) is 4.99 Å². The molecule has 3 rings (SSSR count).